The zero-order valence-corrected chi connectivity index (χ0v) is 28.0. The van der Waals surface area contributed by atoms with Crippen LogP contribution in [0, 0.1) is 46.8 Å². The first-order chi connectivity index (χ1) is 24.1. The van der Waals surface area contributed by atoms with Crippen molar-refractivity contribution in [2.75, 3.05) is 24.7 Å². The fraction of sp³-hybridized carbons (Fsp3) is 0.441. The molecular formula is C34H29Cl2F5N2O8. The molecule has 4 amide bonds. The summed E-state index contributed by atoms with van der Waals surface area (Å²) in [6.07, 6.45) is 1.92. The van der Waals surface area contributed by atoms with Crippen molar-refractivity contribution in [3.05, 3.63) is 70.6 Å². The summed E-state index contributed by atoms with van der Waals surface area (Å²) in [6, 6.07) is 5.77. The van der Waals surface area contributed by atoms with Crippen molar-refractivity contribution in [3.8, 4) is 5.75 Å². The number of ether oxygens (including phenoxy) is 1. The molecule has 2 heterocycles. The van der Waals surface area contributed by atoms with Gasteiger partial charge in [-0.1, -0.05) is 30.2 Å². The van der Waals surface area contributed by atoms with Crippen molar-refractivity contribution in [2.45, 2.75) is 54.2 Å². The molecule has 4 aliphatic rings. The van der Waals surface area contributed by atoms with Gasteiger partial charge in [-0.05, 0) is 49.3 Å². The standard InChI is InChI=1S/C34H29Cl2F5N2O8/c35-33-14-19-17(9-10-18-21(19)30(48)42(29(18)47)11-3-1-2-4-20(45)46)22(15-5-7-16(8-6-15)51-13-12-44)34(33,36)32(50)43(31(33)49)28-26(40)24(38)23(37)25(39)27(28)41/h5-9,18-19,21-22,44H,1-4,10-14H2,(H,45,46). The zero-order valence-electron chi connectivity index (χ0n) is 26.4. The second-order valence-electron chi connectivity index (χ2n) is 12.9. The summed E-state index contributed by atoms with van der Waals surface area (Å²) < 4.78 is 78.6. The second-order valence-corrected chi connectivity index (χ2v) is 14.1. The van der Waals surface area contributed by atoms with Gasteiger partial charge in [-0.25, -0.2) is 26.9 Å². The van der Waals surface area contributed by atoms with Crippen LogP contribution in [0.1, 0.15) is 50.0 Å². The van der Waals surface area contributed by atoms with Gasteiger partial charge in [0.05, 0.1) is 18.4 Å². The minimum Gasteiger partial charge on any atom is -0.491 e. The number of amides is 4. The molecular weight excluding hydrogens is 730 g/mol. The van der Waals surface area contributed by atoms with Crippen LogP contribution < -0.4 is 9.64 Å². The third-order valence-corrected chi connectivity index (χ3v) is 11.6. The number of imide groups is 2. The number of aliphatic hydroxyl groups excluding tert-OH is 1. The summed E-state index contributed by atoms with van der Waals surface area (Å²) >= 11 is 14.2. The van der Waals surface area contributed by atoms with E-state index >= 15 is 8.78 Å². The van der Waals surface area contributed by atoms with Gasteiger partial charge in [0, 0.05) is 18.9 Å². The number of anilines is 1. The highest BCUT2D eigenvalue weighted by Gasteiger charge is 2.77. The molecule has 3 fully saturated rings. The van der Waals surface area contributed by atoms with E-state index in [1.165, 1.54) is 24.3 Å². The number of fused-ring (bicyclic) bond motifs is 4. The van der Waals surface area contributed by atoms with Gasteiger partial charge in [-0.2, -0.15) is 0 Å². The Morgan fingerprint density at radius 1 is 0.863 bits per heavy atom. The molecule has 6 rings (SSSR count). The van der Waals surface area contributed by atoms with E-state index < -0.39 is 104 Å². The average molecular weight is 760 g/mol. The van der Waals surface area contributed by atoms with Crippen molar-refractivity contribution in [1.82, 2.24) is 4.90 Å². The summed E-state index contributed by atoms with van der Waals surface area (Å²) in [5.74, 6) is -21.8. The summed E-state index contributed by atoms with van der Waals surface area (Å²) in [4.78, 5) is 62.5. The zero-order chi connectivity index (χ0) is 37.2. The number of aliphatic hydroxyl groups is 1. The van der Waals surface area contributed by atoms with Crippen molar-refractivity contribution in [1.29, 1.82) is 0 Å². The van der Waals surface area contributed by atoms with Crippen LogP contribution in [0.3, 0.4) is 0 Å². The third-order valence-electron chi connectivity index (χ3n) is 10.2. The normalized spacial score (nSPS) is 28.5. The Balaban J connectivity index is 1.45. The van der Waals surface area contributed by atoms with Crippen molar-refractivity contribution in [3.63, 3.8) is 0 Å². The Labute approximate surface area is 296 Å². The first-order valence-electron chi connectivity index (χ1n) is 16.0. The summed E-state index contributed by atoms with van der Waals surface area (Å²) in [5, 5.41) is 18.0. The van der Waals surface area contributed by atoms with E-state index in [0.29, 0.717) is 24.8 Å². The summed E-state index contributed by atoms with van der Waals surface area (Å²) in [5.41, 5.74) is -1.36. The largest absolute Gasteiger partial charge is 0.491 e. The maximum absolute atomic E-state index is 15.2. The highest BCUT2D eigenvalue weighted by atomic mass is 35.5. The minimum atomic E-state index is -2.65. The van der Waals surface area contributed by atoms with Crippen molar-refractivity contribution < 1.29 is 60.9 Å². The molecule has 2 aromatic rings. The number of alkyl halides is 2. The van der Waals surface area contributed by atoms with Crippen molar-refractivity contribution >= 4 is 58.5 Å². The Bertz CT molecular complexity index is 1850. The van der Waals surface area contributed by atoms with E-state index in [1.807, 2.05) is 0 Å². The topological polar surface area (TPSA) is 142 Å². The number of carboxylic acid groups (broad SMARTS) is 1. The number of allylic oxidation sites excluding steroid dienone is 2. The summed E-state index contributed by atoms with van der Waals surface area (Å²) in [6.45, 7) is -0.390. The van der Waals surface area contributed by atoms with Crippen LogP contribution in [-0.4, -0.2) is 74.2 Å². The molecule has 6 atom stereocenters. The minimum absolute atomic E-state index is 0.00344. The lowest BCUT2D eigenvalue weighted by molar-refractivity contribution is -0.141. The van der Waals surface area contributed by atoms with Crippen molar-refractivity contribution in [2.24, 2.45) is 17.8 Å². The number of rotatable bonds is 11. The molecule has 0 spiro atoms. The molecule has 2 aliphatic carbocycles. The van der Waals surface area contributed by atoms with Crippen LogP contribution in [0.15, 0.2) is 35.9 Å². The molecule has 1 saturated carbocycles. The smallest absolute Gasteiger partial charge is 0.303 e. The Kier molecular flexibility index (Phi) is 9.70. The van der Waals surface area contributed by atoms with E-state index in [0.717, 1.165) is 4.90 Å². The monoisotopic (exact) mass is 758 g/mol. The molecule has 51 heavy (non-hydrogen) atoms. The number of hydrogen-bond donors (Lipinski definition) is 2. The number of likely N-dealkylation sites (tertiary alicyclic amines) is 1. The molecule has 2 saturated heterocycles. The van der Waals surface area contributed by atoms with Gasteiger partial charge < -0.3 is 14.9 Å². The molecule has 0 bridgehead atoms. The lowest BCUT2D eigenvalue weighted by atomic mass is 9.56. The van der Waals surface area contributed by atoms with Gasteiger partial charge in [-0.15, -0.1) is 23.2 Å². The summed E-state index contributed by atoms with van der Waals surface area (Å²) in [7, 11) is 0. The van der Waals surface area contributed by atoms with Gasteiger partial charge in [0.15, 0.2) is 33.0 Å². The van der Waals surface area contributed by atoms with Crippen LogP contribution in [-0.2, 0) is 24.0 Å². The fourth-order valence-electron chi connectivity index (χ4n) is 7.87. The average Bonchev–Trinajstić information content (AvgIpc) is 3.43. The molecule has 0 aromatic heterocycles. The number of carboxylic acids is 1. The Morgan fingerprint density at radius 2 is 1.49 bits per heavy atom. The second kappa shape index (κ2) is 13.5. The predicted molar refractivity (Wildman–Crippen MR) is 168 cm³/mol. The highest BCUT2D eigenvalue weighted by Crippen LogP contribution is 2.66. The van der Waals surface area contributed by atoms with E-state index in [1.54, 1.807) is 6.08 Å². The Morgan fingerprint density at radius 3 is 2.10 bits per heavy atom. The van der Waals surface area contributed by atoms with Crippen LogP contribution in [0.25, 0.3) is 0 Å². The fourth-order valence-corrected chi connectivity index (χ4v) is 8.80. The molecule has 17 heteroatoms. The number of benzene rings is 2. The van der Waals surface area contributed by atoms with Gasteiger partial charge >= 0.3 is 5.97 Å². The predicted octanol–water partition coefficient (Wildman–Crippen LogP) is 4.96. The van der Waals surface area contributed by atoms with Gasteiger partial charge in [0.2, 0.25) is 17.6 Å². The number of halogens is 7. The molecule has 2 N–H and O–H groups in total. The molecule has 2 aliphatic heterocycles. The number of nitrogens with zero attached hydrogens (tertiary/aromatic N) is 2. The van der Waals surface area contributed by atoms with E-state index in [4.69, 9.17) is 38.2 Å². The molecule has 0 radical (unpaired) electrons. The van der Waals surface area contributed by atoms with Gasteiger partial charge in [0.25, 0.3) is 11.8 Å². The molecule has 10 nitrogen and oxygen atoms in total. The number of hydrogen-bond acceptors (Lipinski definition) is 7. The highest BCUT2D eigenvalue weighted by molar-refractivity contribution is 6.58. The maximum atomic E-state index is 15.2. The lowest BCUT2D eigenvalue weighted by Crippen LogP contribution is -2.60. The van der Waals surface area contributed by atoms with Crippen LogP contribution in [0.2, 0.25) is 0 Å². The number of aliphatic carboxylic acids is 1. The maximum Gasteiger partial charge on any atom is 0.303 e. The van der Waals surface area contributed by atoms with E-state index in [9.17, 15) is 37.1 Å². The number of unbranched alkanes of at least 4 members (excludes halogenated alkanes) is 2. The van der Waals surface area contributed by atoms with E-state index in [-0.39, 0.29) is 48.8 Å². The Hall–Kier alpha value is -4.08. The quantitative estimate of drug-likeness (QED) is 0.0624. The van der Waals surface area contributed by atoms with Gasteiger partial charge in [0.1, 0.15) is 18.0 Å². The molecule has 2 aromatic carbocycles. The van der Waals surface area contributed by atoms with Crippen LogP contribution in [0.4, 0.5) is 27.6 Å². The molecule has 6 unspecified atom stereocenters. The molecule has 272 valence electrons. The van der Waals surface area contributed by atoms with Gasteiger partial charge in [-0.3, -0.25) is 28.9 Å². The first kappa shape index (κ1) is 36.7. The first-order valence-corrected chi connectivity index (χ1v) is 16.8. The lowest BCUT2D eigenvalue weighted by Gasteiger charge is -2.50. The number of carbonyl (C=O) groups is 5. The third kappa shape index (κ3) is 5.50. The SMILES string of the molecule is O=C(O)CCCCCN1C(=O)C2CC=C3C(CC4(Cl)C(=O)N(c5c(F)c(F)c(F)c(F)c5F)C(=O)C4(Cl)C3c3ccc(OCCO)cc3)C2C1=O. The van der Waals surface area contributed by atoms with Crippen LogP contribution in [0.5, 0.6) is 5.75 Å². The van der Waals surface area contributed by atoms with E-state index in [2.05, 4.69) is 0 Å². The number of carbonyl (C=O) groups excluding carboxylic acids is 4. The van der Waals surface area contributed by atoms with Crippen LogP contribution >= 0.6 is 23.2 Å².